The maximum Gasteiger partial charge on any atom is 0.131 e. The van der Waals surface area contributed by atoms with Crippen molar-refractivity contribution >= 4 is 60.7 Å². The summed E-state index contributed by atoms with van der Waals surface area (Å²) in [4.78, 5) is 20.5. The summed E-state index contributed by atoms with van der Waals surface area (Å²) >= 11 is 0. The average molecular weight is 284 g/mol. The standard InChI is InChI=1S/C8H4N4S4/c1-5-9-3-10-6(1)14-16-8-2-7(15-13-5)11-4-12-8/h1-4H. The lowest BCUT2D eigenvalue weighted by molar-refractivity contribution is 1.27. The van der Waals surface area contributed by atoms with E-state index in [-0.39, 0.29) is 0 Å². The molecule has 0 aliphatic heterocycles. The summed E-state index contributed by atoms with van der Waals surface area (Å²) in [5, 5.41) is 0. The third kappa shape index (κ3) is 2.24. The third-order valence-corrected chi connectivity index (χ3v) is 5.95. The Balaban J connectivity index is 2.46. The highest BCUT2D eigenvalue weighted by Gasteiger charge is 1.91. The Morgan fingerprint density at radius 3 is 1.19 bits per heavy atom. The quantitative estimate of drug-likeness (QED) is 0.593. The molecule has 3 rings (SSSR count). The molecular weight excluding hydrogens is 280 g/mol. The van der Waals surface area contributed by atoms with Gasteiger partial charge in [-0.15, -0.1) is 0 Å². The maximum atomic E-state index is 4.19. The van der Waals surface area contributed by atoms with Crippen molar-refractivity contribution in [3.05, 3.63) is 24.8 Å². The lowest BCUT2D eigenvalue weighted by Crippen LogP contribution is -1.75. The van der Waals surface area contributed by atoms with E-state index in [4.69, 9.17) is 0 Å². The van der Waals surface area contributed by atoms with Crippen molar-refractivity contribution in [3.8, 4) is 0 Å². The van der Waals surface area contributed by atoms with Crippen LogP contribution in [-0.2, 0) is 0 Å². The second-order valence-electron chi connectivity index (χ2n) is 2.72. The number of hydrogen-bond acceptors (Lipinski definition) is 8. The Bertz CT molecular complexity index is 578. The highest BCUT2D eigenvalue weighted by Crippen LogP contribution is 2.20. The van der Waals surface area contributed by atoms with E-state index >= 15 is 0 Å². The second-order valence-corrected chi connectivity index (χ2v) is 7.06. The number of hydrogen-bond donors (Lipinski definition) is 0. The van der Waals surface area contributed by atoms with Crippen LogP contribution in [0.2, 0.25) is 0 Å². The van der Waals surface area contributed by atoms with Gasteiger partial charge in [-0.25, -0.2) is 19.9 Å². The first-order valence-electron chi connectivity index (χ1n) is 4.23. The van der Waals surface area contributed by atoms with Gasteiger partial charge in [0.25, 0.3) is 0 Å². The maximum absolute atomic E-state index is 4.19. The topological polar surface area (TPSA) is 51.6 Å². The van der Waals surface area contributed by atoms with Crippen LogP contribution in [0.5, 0.6) is 0 Å². The summed E-state index contributed by atoms with van der Waals surface area (Å²) < 4.78 is 0. The van der Waals surface area contributed by atoms with Crippen molar-refractivity contribution in [2.45, 2.75) is 0 Å². The van der Waals surface area contributed by atoms with Crippen LogP contribution in [-0.4, -0.2) is 19.9 Å². The van der Waals surface area contributed by atoms with Gasteiger partial charge < -0.3 is 0 Å². The largest absolute Gasteiger partial charge is 0.225 e. The minimum atomic E-state index is 0.949. The fourth-order valence-corrected chi connectivity index (χ4v) is 4.61. The van der Waals surface area contributed by atoms with Crippen LogP contribution in [0.4, 0.5) is 0 Å². The van der Waals surface area contributed by atoms with E-state index in [2.05, 4.69) is 19.9 Å². The van der Waals surface area contributed by atoms with Crippen LogP contribution >= 0.6 is 41.4 Å². The van der Waals surface area contributed by atoms with E-state index in [0.29, 0.717) is 0 Å². The molecule has 0 fully saturated rings. The zero-order chi connectivity index (χ0) is 10.8. The summed E-state index contributed by atoms with van der Waals surface area (Å²) in [6.07, 6.45) is 3.17. The Morgan fingerprint density at radius 1 is 0.562 bits per heavy atom. The van der Waals surface area contributed by atoms with Crippen molar-refractivity contribution in [1.29, 1.82) is 0 Å². The summed E-state index contributed by atoms with van der Waals surface area (Å²) in [6.45, 7) is 0. The molecule has 0 spiro atoms. The Labute approximate surface area is 105 Å². The van der Waals surface area contributed by atoms with Gasteiger partial charge in [0.15, 0.2) is 0 Å². The van der Waals surface area contributed by atoms with Gasteiger partial charge in [-0.2, -0.15) is 0 Å². The first-order chi connectivity index (χ1) is 7.90. The molecule has 4 nitrogen and oxygen atoms in total. The lowest BCUT2D eigenvalue weighted by Gasteiger charge is -1.89. The van der Waals surface area contributed by atoms with Crippen molar-refractivity contribution in [2.75, 3.05) is 0 Å². The van der Waals surface area contributed by atoms with E-state index in [0.717, 1.165) is 19.3 Å². The van der Waals surface area contributed by atoms with Crippen LogP contribution in [0.3, 0.4) is 0 Å². The molecule has 3 aromatic rings. The van der Waals surface area contributed by atoms with Gasteiger partial charge >= 0.3 is 0 Å². The predicted octanol–water partition coefficient (Wildman–Crippen LogP) is 3.51. The molecule has 0 aromatic carbocycles. The molecule has 16 heavy (non-hydrogen) atoms. The molecule has 0 saturated carbocycles. The zero-order valence-electron chi connectivity index (χ0n) is 7.73. The molecule has 4 bridgehead atoms. The summed E-state index contributed by atoms with van der Waals surface area (Å²) in [6, 6.07) is 3.95. The Kier molecular flexibility index (Phi) is 2.87. The van der Waals surface area contributed by atoms with Crippen molar-refractivity contribution in [1.82, 2.24) is 19.9 Å². The number of rotatable bonds is 0. The smallest absolute Gasteiger partial charge is 0.131 e. The molecule has 3 aromatic heterocycles. The first kappa shape index (κ1) is 10.2. The van der Waals surface area contributed by atoms with Gasteiger partial charge in [0.05, 0.1) is 0 Å². The molecule has 0 aliphatic rings. The summed E-state index contributed by atoms with van der Waals surface area (Å²) in [5.41, 5.74) is 0. The van der Waals surface area contributed by atoms with E-state index in [1.165, 1.54) is 0 Å². The van der Waals surface area contributed by atoms with Crippen LogP contribution in [0.1, 0.15) is 0 Å². The van der Waals surface area contributed by atoms with Gasteiger partial charge in [-0.3, -0.25) is 0 Å². The van der Waals surface area contributed by atoms with Gasteiger partial charge in [0, 0.05) is 12.1 Å². The van der Waals surface area contributed by atoms with Crippen LogP contribution in [0, 0.1) is 0 Å². The molecule has 0 saturated heterocycles. The molecule has 80 valence electrons. The van der Waals surface area contributed by atoms with Crippen LogP contribution in [0.25, 0.3) is 19.3 Å². The Morgan fingerprint density at radius 2 is 0.875 bits per heavy atom. The minimum absolute atomic E-state index is 0.949. The molecule has 8 heteroatoms. The normalized spacial score (nSPS) is 10.5. The van der Waals surface area contributed by atoms with Crippen LogP contribution < -0.4 is 0 Å². The van der Waals surface area contributed by atoms with Crippen molar-refractivity contribution in [3.63, 3.8) is 0 Å². The molecule has 0 unspecified atom stereocenters. The third-order valence-electron chi connectivity index (χ3n) is 1.66. The molecule has 0 aliphatic carbocycles. The zero-order valence-corrected chi connectivity index (χ0v) is 11.0. The number of nitrogens with zero attached hydrogens (tertiary/aromatic N) is 4. The highest BCUT2D eigenvalue weighted by atomic mass is 32.9. The molecule has 0 N–H and O–H groups in total. The van der Waals surface area contributed by atoms with Crippen LogP contribution in [0.15, 0.2) is 24.8 Å². The number of fused-ring (bicyclic) bond motifs is 4. The fraction of sp³-hybridized carbons (Fsp3) is 0. The predicted molar refractivity (Wildman–Crippen MR) is 70.6 cm³/mol. The van der Waals surface area contributed by atoms with Gasteiger partial charge in [-0.05, 0) is 0 Å². The van der Waals surface area contributed by atoms with Gasteiger partial charge in [0.1, 0.15) is 32.0 Å². The molecule has 3 heterocycles. The average Bonchev–Trinajstić information content (AvgIpc) is 2.34. The fourth-order valence-electron chi connectivity index (χ4n) is 0.999. The summed E-state index contributed by atoms with van der Waals surface area (Å²) in [5.74, 6) is 0. The van der Waals surface area contributed by atoms with Gasteiger partial charge in [-0.1, -0.05) is 41.4 Å². The minimum Gasteiger partial charge on any atom is -0.225 e. The van der Waals surface area contributed by atoms with E-state index < -0.39 is 0 Å². The number of aromatic nitrogens is 4. The van der Waals surface area contributed by atoms with Crippen molar-refractivity contribution < 1.29 is 0 Å². The molecule has 0 amide bonds. The monoisotopic (exact) mass is 284 g/mol. The molecule has 0 radical (unpaired) electrons. The first-order valence-corrected chi connectivity index (χ1v) is 8.53. The Hall–Kier alpha value is -0.960. The molecular formula is C8H4N4S4. The second kappa shape index (κ2) is 4.50. The van der Waals surface area contributed by atoms with E-state index in [9.17, 15) is 0 Å². The van der Waals surface area contributed by atoms with Gasteiger partial charge in [0.2, 0.25) is 0 Å². The lowest BCUT2D eigenvalue weighted by atomic mass is 10.7. The van der Waals surface area contributed by atoms with E-state index in [1.54, 1.807) is 54.0 Å². The van der Waals surface area contributed by atoms with E-state index in [1.807, 2.05) is 12.1 Å². The SMILES string of the molecule is c1nc2cc(n1)ssc1cc(ncn1)ss2. The summed E-state index contributed by atoms with van der Waals surface area (Å²) in [7, 11) is 6.33. The van der Waals surface area contributed by atoms with Crippen molar-refractivity contribution in [2.24, 2.45) is 0 Å². The highest BCUT2D eigenvalue weighted by molar-refractivity contribution is 7.74. The molecule has 0 atom stereocenters.